The molecule has 0 amide bonds. The third kappa shape index (κ3) is 4.35. The molecule has 0 atom stereocenters. The average molecular weight is 360 g/mol. The molecule has 1 aliphatic heterocycles. The summed E-state index contributed by atoms with van der Waals surface area (Å²) >= 11 is 0. The number of aryl methyl sites for hydroxylation is 2. The highest BCUT2D eigenvalue weighted by atomic mass is 32.2. The van der Waals surface area contributed by atoms with E-state index in [0.717, 1.165) is 42.8 Å². The summed E-state index contributed by atoms with van der Waals surface area (Å²) in [5.41, 5.74) is 2.53. The number of nitrogens with zero attached hydrogens (tertiary/aromatic N) is 3. The van der Waals surface area contributed by atoms with Crippen molar-refractivity contribution in [2.45, 2.75) is 44.4 Å². The van der Waals surface area contributed by atoms with Gasteiger partial charge >= 0.3 is 0 Å². The van der Waals surface area contributed by atoms with Crippen LogP contribution in [0.25, 0.3) is 0 Å². The minimum Gasteiger partial charge on any atom is -0.324 e. The predicted octanol–water partition coefficient (Wildman–Crippen LogP) is 3.40. The molecule has 25 heavy (non-hydrogen) atoms. The third-order valence-electron chi connectivity index (χ3n) is 4.30. The van der Waals surface area contributed by atoms with Crippen LogP contribution in [0.5, 0.6) is 0 Å². The van der Waals surface area contributed by atoms with E-state index in [-0.39, 0.29) is 0 Å². The molecule has 0 aliphatic carbocycles. The molecule has 1 fully saturated rings. The number of benzene rings is 1. The molecule has 1 aromatic heterocycles. The van der Waals surface area contributed by atoms with Crippen molar-refractivity contribution in [1.82, 2.24) is 14.3 Å². The molecule has 0 radical (unpaired) electrons. The quantitative estimate of drug-likeness (QED) is 0.904. The first kappa shape index (κ1) is 17.8. The van der Waals surface area contributed by atoms with Gasteiger partial charge in [-0.3, -0.25) is 0 Å². The van der Waals surface area contributed by atoms with Gasteiger partial charge in [-0.1, -0.05) is 12.8 Å². The first-order chi connectivity index (χ1) is 11.9. The van der Waals surface area contributed by atoms with Gasteiger partial charge < -0.3 is 5.32 Å². The van der Waals surface area contributed by atoms with Crippen LogP contribution in [0.3, 0.4) is 0 Å². The van der Waals surface area contributed by atoms with Crippen molar-refractivity contribution < 1.29 is 8.42 Å². The fraction of sp³-hybridized carbons (Fsp3) is 0.444. The van der Waals surface area contributed by atoms with Crippen molar-refractivity contribution in [2.75, 3.05) is 18.4 Å². The second kappa shape index (κ2) is 7.49. The Balaban J connectivity index is 1.77. The number of anilines is 2. The van der Waals surface area contributed by atoms with Gasteiger partial charge in [-0.15, -0.1) is 0 Å². The molecule has 1 saturated heterocycles. The second-order valence-corrected chi connectivity index (χ2v) is 8.38. The van der Waals surface area contributed by atoms with Crippen LogP contribution in [0.4, 0.5) is 11.6 Å². The standard InChI is InChI=1S/C18H24N4O2S/c1-14-13-15(2)20-18(19-14)21-16-7-9-17(10-8-16)25(23,24)22-11-5-3-4-6-12-22/h7-10,13H,3-6,11-12H2,1-2H3,(H,19,20,21). The van der Waals surface area contributed by atoms with E-state index in [1.807, 2.05) is 19.9 Å². The van der Waals surface area contributed by atoms with Crippen LogP contribution in [0.2, 0.25) is 0 Å². The highest BCUT2D eigenvalue weighted by molar-refractivity contribution is 7.89. The molecule has 2 aromatic rings. The van der Waals surface area contributed by atoms with E-state index in [0.29, 0.717) is 23.9 Å². The third-order valence-corrected chi connectivity index (χ3v) is 6.21. The molecule has 0 saturated carbocycles. The molecule has 1 N–H and O–H groups in total. The number of hydrogen-bond acceptors (Lipinski definition) is 5. The van der Waals surface area contributed by atoms with Crippen LogP contribution in [-0.4, -0.2) is 35.8 Å². The molecular weight excluding hydrogens is 336 g/mol. The van der Waals surface area contributed by atoms with Gasteiger partial charge in [-0.25, -0.2) is 18.4 Å². The van der Waals surface area contributed by atoms with Crippen LogP contribution < -0.4 is 5.32 Å². The zero-order valence-corrected chi connectivity index (χ0v) is 15.5. The Bertz CT molecular complexity index is 806. The van der Waals surface area contributed by atoms with Crippen molar-refractivity contribution >= 4 is 21.7 Å². The normalized spacial score (nSPS) is 16.4. The number of rotatable bonds is 4. The van der Waals surface area contributed by atoms with Crippen LogP contribution in [0.1, 0.15) is 37.1 Å². The molecule has 0 bridgehead atoms. The lowest BCUT2D eigenvalue weighted by molar-refractivity contribution is 0.424. The SMILES string of the molecule is Cc1cc(C)nc(Nc2ccc(S(=O)(=O)N3CCCCCC3)cc2)n1. The van der Waals surface area contributed by atoms with Gasteiger partial charge in [0.2, 0.25) is 16.0 Å². The Kier molecular flexibility index (Phi) is 5.34. The molecular formula is C18H24N4O2S. The maximum Gasteiger partial charge on any atom is 0.243 e. The van der Waals surface area contributed by atoms with E-state index in [1.165, 1.54) is 0 Å². The Labute approximate surface area is 149 Å². The average Bonchev–Trinajstić information content (AvgIpc) is 2.84. The molecule has 0 spiro atoms. The van der Waals surface area contributed by atoms with Gasteiger partial charge in [0.25, 0.3) is 0 Å². The summed E-state index contributed by atoms with van der Waals surface area (Å²) < 4.78 is 27.2. The van der Waals surface area contributed by atoms with Gasteiger partial charge in [-0.05, 0) is 57.0 Å². The van der Waals surface area contributed by atoms with E-state index >= 15 is 0 Å². The van der Waals surface area contributed by atoms with Crippen molar-refractivity contribution in [2.24, 2.45) is 0 Å². The molecule has 7 heteroatoms. The monoisotopic (exact) mass is 360 g/mol. The van der Waals surface area contributed by atoms with Crippen LogP contribution >= 0.6 is 0 Å². The number of aromatic nitrogens is 2. The smallest absolute Gasteiger partial charge is 0.243 e. The van der Waals surface area contributed by atoms with Crippen LogP contribution in [0.15, 0.2) is 35.2 Å². The van der Waals surface area contributed by atoms with Crippen molar-refractivity contribution in [3.63, 3.8) is 0 Å². The zero-order valence-electron chi connectivity index (χ0n) is 14.7. The molecule has 0 unspecified atom stereocenters. The maximum atomic E-state index is 12.8. The van der Waals surface area contributed by atoms with E-state index in [2.05, 4.69) is 15.3 Å². The highest BCUT2D eigenvalue weighted by Crippen LogP contribution is 2.22. The van der Waals surface area contributed by atoms with Crippen molar-refractivity contribution in [1.29, 1.82) is 0 Å². The first-order valence-corrected chi connectivity index (χ1v) is 10.1. The predicted molar refractivity (Wildman–Crippen MR) is 98.5 cm³/mol. The van der Waals surface area contributed by atoms with E-state index < -0.39 is 10.0 Å². The lowest BCUT2D eigenvalue weighted by Crippen LogP contribution is -2.31. The summed E-state index contributed by atoms with van der Waals surface area (Å²) in [6.07, 6.45) is 4.07. The van der Waals surface area contributed by atoms with Gasteiger partial charge in [0.15, 0.2) is 0 Å². The number of hydrogen-bond donors (Lipinski definition) is 1. The number of nitrogens with one attached hydrogen (secondary N) is 1. The Morgan fingerprint density at radius 2 is 1.48 bits per heavy atom. The van der Waals surface area contributed by atoms with Crippen molar-refractivity contribution in [3.05, 3.63) is 41.7 Å². The number of sulfonamides is 1. The first-order valence-electron chi connectivity index (χ1n) is 8.65. The van der Waals surface area contributed by atoms with E-state index in [9.17, 15) is 8.42 Å². The summed E-state index contributed by atoms with van der Waals surface area (Å²) in [4.78, 5) is 9.01. The van der Waals surface area contributed by atoms with E-state index in [4.69, 9.17) is 0 Å². The Morgan fingerprint density at radius 1 is 0.920 bits per heavy atom. The summed E-state index contributed by atoms with van der Waals surface area (Å²) in [7, 11) is -3.41. The van der Waals surface area contributed by atoms with Gasteiger partial charge in [-0.2, -0.15) is 4.31 Å². The van der Waals surface area contributed by atoms with Gasteiger partial charge in [0.05, 0.1) is 4.90 Å². The van der Waals surface area contributed by atoms with Crippen LogP contribution in [0, 0.1) is 13.8 Å². The van der Waals surface area contributed by atoms with Crippen LogP contribution in [-0.2, 0) is 10.0 Å². The highest BCUT2D eigenvalue weighted by Gasteiger charge is 2.24. The maximum absolute atomic E-state index is 12.8. The minimum absolute atomic E-state index is 0.335. The topological polar surface area (TPSA) is 75.2 Å². The Hall–Kier alpha value is -1.99. The molecule has 134 valence electrons. The lowest BCUT2D eigenvalue weighted by Gasteiger charge is -2.20. The Morgan fingerprint density at radius 3 is 2.04 bits per heavy atom. The largest absolute Gasteiger partial charge is 0.324 e. The van der Waals surface area contributed by atoms with Gasteiger partial charge in [0, 0.05) is 30.2 Å². The molecule has 1 aromatic carbocycles. The molecule has 6 nitrogen and oxygen atoms in total. The molecule has 3 rings (SSSR count). The molecule has 1 aliphatic rings. The summed E-state index contributed by atoms with van der Waals surface area (Å²) in [6.45, 7) is 5.05. The zero-order chi connectivity index (χ0) is 17.9. The molecule has 2 heterocycles. The van der Waals surface area contributed by atoms with Crippen molar-refractivity contribution in [3.8, 4) is 0 Å². The summed E-state index contributed by atoms with van der Waals surface area (Å²) in [5, 5.41) is 3.12. The fourth-order valence-electron chi connectivity index (χ4n) is 3.05. The summed E-state index contributed by atoms with van der Waals surface area (Å²) in [5.74, 6) is 0.514. The lowest BCUT2D eigenvalue weighted by atomic mass is 10.2. The fourth-order valence-corrected chi connectivity index (χ4v) is 4.57. The second-order valence-electron chi connectivity index (χ2n) is 6.44. The van der Waals surface area contributed by atoms with E-state index in [1.54, 1.807) is 28.6 Å². The minimum atomic E-state index is -3.41. The van der Waals surface area contributed by atoms with Gasteiger partial charge in [0.1, 0.15) is 0 Å². The summed E-state index contributed by atoms with van der Waals surface area (Å²) in [6, 6.07) is 8.70.